The van der Waals surface area contributed by atoms with Crippen LogP contribution in [0.2, 0.25) is 5.02 Å². The maximum absolute atomic E-state index is 13.0. The van der Waals surface area contributed by atoms with Gasteiger partial charge in [0.2, 0.25) is 5.91 Å². The van der Waals surface area contributed by atoms with E-state index in [-0.39, 0.29) is 17.9 Å². The Morgan fingerprint density at radius 2 is 1.71 bits per heavy atom. The molecular formula is C31H32ClN5O3S. The number of benzene rings is 3. The Morgan fingerprint density at radius 3 is 2.39 bits per heavy atom. The number of aromatic nitrogens is 3. The summed E-state index contributed by atoms with van der Waals surface area (Å²) in [5.74, 6) is 2.26. The average Bonchev–Trinajstić information content (AvgIpc) is 3.43. The SMILES string of the molecule is COc1ccc(C(=O)N2CCN(C(=O)CCCSc3nnc(-c4ccc(Cl)cc4)n3-c3ccccc3)CC2C)cc1. The van der Waals surface area contributed by atoms with E-state index >= 15 is 0 Å². The maximum atomic E-state index is 13.0. The zero-order valence-corrected chi connectivity index (χ0v) is 24.6. The lowest BCUT2D eigenvalue weighted by molar-refractivity contribution is -0.133. The van der Waals surface area contributed by atoms with Gasteiger partial charge in [-0.25, -0.2) is 0 Å². The number of carbonyl (C=O) groups excluding carboxylic acids is 2. The van der Waals surface area contributed by atoms with E-state index in [1.54, 1.807) is 43.1 Å². The number of ether oxygens (including phenoxy) is 1. The Kier molecular flexibility index (Phi) is 9.26. The minimum Gasteiger partial charge on any atom is -0.497 e. The summed E-state index contributed by atoms with van der Waals surface area (Å²) >= 11 is 7.68. The molecule has 1 aliphatic heterocycles. The quantitative estimate of drug-likeness (QED) is 0.180. The highest BCUT2D eigenvalue weighted by molar-refractivity contribution is 7.99. The van der Waals surface area contributed by atoms with E-state index in [4.69, 9.17) is 16.3 Å². The van der Waals surface area contributed by atoms with Crippen LogP contribution in [0.1, 0.15) is 30.1 Å². The van der Waals surface area contributed by atoms with Crippen molar-refractivity contribution in [3.8, 4) is 22.8 Å². The minimum atomic E-state index is -0.0626. The van der Waals surface area contributed by atoms with Gasteiger partial charge in [0.25, 0.3) is 5.91 Å². The van der Waals surface area contributed by atoms with Crippen LogP contribution in [0.4, 0.5) is 0 Å². The van der Waals surface area contributed by atoms with E-state index in [0.29, 0.717) is 48.8 Å². The zero-order valence-electron chi connectivity index (χ0n) is 23.1. The molecular weight excluding hydrogens is 558 g/mol. The molecule has 0 N–H and O–H groups in total. The van der Waals surface area contributed by atoms with Crippen LogP contribution in [0, 0.1) is 0 Å². The molecule has 1 fully saturated rings. The third-order valence-electron chi connectivity index (χ3n) is 7.09. The van der Waals surface area contributed by atoms with Crippen LogP contribution in [0.15, 0.2) is 84.0 Å². The van der Waals surface area contributed by atoms with E-state index in [1.165, 1.54) is 0 Å². The topological polar surface area (TPSA) is 80.6 Å². The number of carbonyl (C=O) groups is 2. The second-order valence-corrected chi connectivity index (χ2v) is 11.4. The van der Waals surface area contributed by atoms with Crippen LogP contribution in [0.3, 0.4) is 0 Å². The third-order valence-corrected chi connectivity index (χ3v) is 8.36. The summed E-state index contributed by atoms with van der Waals surface area (Å²) < 4.78 is 7.23. The summed E-state index contributed by atoms with van der Waals surface area (Å²) in [6, 6.07) is 24.6. The molecule has 2 amide bonds. The first-order valence-electron chi connectivity index (χ1n) is 13.6. The van der Waals surface area contributed by atoms with E-state index < -0.39 is 0 Å². The van der Waals surface area contributed by atoms with Crippen LogP contribution in [0.5, 0.6) is 5.75 Å². The molecule has 212 valence electrons. The largest absolute Gasteiger partial charge is 0.497 e. The highest BCUT2D eigenvalue weighted by Crippen LogP contribution is 2.29. The van der Waals surface area contributed by atoms with Crippen molar-refractivity contribution in [3.05, 3.63) is 89.4 Å². The molecule has 1 atom stereocenters. The summed E-state index contributed by atoms with van der Waals surface area (Å²) in [4.78, 5) is 29.8. The molecule has 0 aliphatic carbocycles. The maximum Gasteiger partial charge on any atom is 0.254 e. The second kappa shape index (κ2) is 13.2. The molecule has 0 spiro atoms. The number of para-hydroxylation sites is 1. The fraction of sp³-hybridized carbons (Fsp3) is 0.290. The smallest absolute Gasteiger partial charge is 0.254 e. The number of nitrogens with zero attached hydrogens (tertiary/aromatic N) is 5. The first kappa shape index (κ1) is 28.7. The molecule has 4 aromatic rings. The molecule has 41 heavy (non-hydrogen) atoms. The molecule has 1 aromatic heterocycles. The van der Waals surface area contributed by atoms with Crippen molar-refractivity contribution in [1.29, 1.82) is 0 Å². The molecule has 10 heteroatoms. The van der Waals surface area contributed by atoms with Gasteiger partial charge in [-0.2, -0.15) is 0 Å². The molecule has 0 bridgehead atoms. The van der Waals surface area contributed by atoms with Gasteiger partial charge in [0.15, 0.2) is 11.0 Å². The van der Waals surface area contributed by atoms with Gasteiger partial charge in [-0.15, -0.1) is 10.2 Å². The molecule has 8 nitrogen and oxygen atoms in total. The number of methoxy groups -OCH3 is 1. The molecule has 2 heterocycles. The standard InChI is InChI=1S/C31H32ClN5O3S/c1-22-21-35(18-19-36(22)30(39)24-12-16-27(40-2)17-13-24)28(38)9-6-20-41-31-34-33-29(23-10-14-25(32)15-11-23)37(31)26-7-4-3-5-8-26/h3-5,7-8,10-17,22H,6,9,18-21H2,1-2H3. The first-order chi connectivity index (χ1) is 19.9. The number of piperazine rings is 1. The van der Waals surface area contributed by atoms with Gasteiger partial charge >= 0.3 is 0 Å². The lowest BCUT2D eigenvalue weighted by atomic mass is 10.1. The second-order valence-electron chi connectivity index (χ2n) is 9.85. The van der Waals surface area contributed by atoms with Gasteiger partial charge in [0.1, 0.15) is 5.75 Å². The Bertz CT molecular complexity index is 1480. The van der Waals surface area contributed by atoms with Gasteiger partial charge in [0, 0.05) is 59.7 Å². The van der Waals surface area contributed by atoms with Gasteiger partial charge in [-0.1, -0.05) is 41.6 Å². The highest BCUT2D eigenvalue weighted by Gasteiger charge is 2.30. The third kappa shape index (κ3) is 6.74. The van der Waals surface area contributed by atoms with E-state index in [2.05, 4.69) is 10.2 Å². The zero-order chi connectivity index (χ0) is 28.8. The highest BCUT2D eigenvalue weighted by atomic mass is 35.5. The van der Waals surface area contributed by atoms with Crippen molar-refractivity contribution in [2.75, 3.05) is 32.5 Å². The van der Waals surface area contributed by atoms with Crippen molar-refractivity contribution in [2.45, 2.75) is 31.0 Å². The van der Waals surface area contributed by atoms with Crippen LogP contribution in [-0.4, -0.2) is 74.9 Å². The summed E-state index contributed by atoms with van der Waals surface area (Å²) in [6.07, 6.45) is 1.15. The van der Waals surface area contributed by atoms with Gasteiger partial charge in [0.05, 0.1) is 7.11 Å². The van der Waals surface area contributed by atoms with Gasteiger partial charge in [-0.3, -0.25) is 14.2 Å². The van der Waals surface area contributed by atoms with Crippen LogP contribution in [-0.2, 0) is 4.79 Å². The van der Waals surface area contributed by atoms with Crippen LogP contribution < -0.4 is 4.74 Å². The molecule has 1 unspecified atom stereocenters. The summed E-state index contributed by atoms with van der Waals surface area (Å²) in [5, 5.41) is 10.4. The number of hydrogen-bond donors (Lipinski definition) is 0. The molecule has 0 radical (unpaired) electrons. The van der Waals surface area contributed by atoms with Crippen molar-refractivity contribution in [1.82, 2.24) is 24.6 Å². The van der Waals surface area contributed by atoms with E-state index in [0.717, 1.165) is 28.0 Å². The normalized spacial score (nSPS) is 15.1. The fourth-order valence-corrected chi connectivity index (χ4v) is 5.91. The van der Waals surface area contributed by atoms with Crippen molar-refractivity contribution >= 4 is 35.2 Å². The van der Waals surface area contributed by atoms with Crippen molar-refractivity contribution in [3.63, 3.8) is 0 Å². The monoisotopic (exact) mass is 589 g/mol. The lowest BCUT2D eigenvalue weighted by Gasteiger charge is -2.40. The Balaban J connectivity index is 1.16. The predicted octanol–water partition coefficient (Wildman–Crippen LogP) is 5.84. The van der Waals surface area contributed by atoms with Crippen molar-refractivity contribution in [2.24, 2.45) is 0 Å². The number of amides is 2. The number of thioether (sulfide) groups is 1. The molecule has 1 aliphatic rings. The number of rotatable bonds is 9. The minimum absolute atomic E-state index is 0.0239. The summed E-state index contributed by atoms with van der Waals surface area (Å²) in [7, 11) is 1.60. The van der Waals surface area contributed by atoms with Crippen molar-refractivity contribution < 1.29 is 14.3 Å². The van der Waals surface area contributed by atoms with Crippen LogP contribution >= 0.6 is 23.4 Å². The lowest BCUT2D eigenvalue weighted by Crippen LogP contribution is -2.55. The van der Waals surface area contributed by atoms with Gasteiger partial charge in [-0.05, 0) is 74.0 Å². The van der Waals surface area contributed by atoms with E-state index in [1.807, 2.05) is 75.9 Å². The van der Waals surface area contributed by atoms with Gasteiger partial charge < -0.3 is 14.5 Å². The Hall–Kier alpha value is -3.82. The average molecular weight is 590 g/mol. The summed E-state index contributed by atoms with van der Waals surface area (Å²) in [6.45, 7) is 3.57. The molecule has 5 rings (SSSR count). The number of hydrogen-bond acceptors (Lipinski definition) is 6. The molecule has 1 saturated heterocycles. The Labute approximate surface area is 249 Å². The fourth-order valence-electron chi connectivity index (χ4n) is 4.89. The molecule has 3 aromatic carbocycles. The van der Waals surface area contributed by atoms with E-state index in [9.17, 15) is 9.59 Å². The number of halogens is 1. The summed E-state index contributed by atoms with van der Waals surface area (Å²) in [5.41, 5.74) is 2.51. The predicted molar refractivity (Wildman–Crippen MR) is 162 cm³/mol. The van der Waals surface area contributed by atoms with Crippen LogP contribution in [0.25, 0.3) is 17.1 Å². The first-order valence-corrected chi connectivity index (χ1v) is 14.9. The molecule has 0 saturated carbocycles. The Morgan fingerprint density at radius 1 is 0.976 bits per heavy atom.